The average molecular weight is 442 g/mol. The highest BCUT2D eigenvalue weighted by molar-refractivity contribution is 14.1. The molecular weight excluding hydrogens is 434 g/mol. The van der Waals surface area contributed by atoms with Gasteiger partial charge in [-0.25, -0.2) is 9.78 Å². The summed E-state index contributed by atoms with van der Waals surface area (Å²) in [6.45, 7) is 2.14. The zero-order valence-corrected chi connectivity index (χ0v) is 12.7. The van der Waals surface area contributed by atoms with Crippen molar-refractivity contribution in [3.05, 3.63) is 31.4 Å². The number of nitrogens with zero attached hydrogens (tertiary/aromatic N) is 2. The van der Waals surface area contributed by atoms with Gasteiger partial charge >= 0.3 is 5.97 Å². The number of fused-ring (bicyclic) bond motifs is 1. The number of aromatic nitrogens is 2. The van der Waals surface area contributed by atoms with Crippen LogP contribution in [0, 0.1) is 7.27 Å². The lowest BCUT2D eigenvalue weighted by molar-refractivity contribution is 0.0519. The summed E-state index contributed by atoms with van der Waals surface area (Å²) < 4.78 is 9.01. The molecule has 0 fully saturated rings. The van der Waals surface area contributed by atoms with Crippen molar-refractivity contribution >= 4 is 56.7 Å². The van der Waals surface area contributed by atoms with Crippen molar-refractivity contribution < 1.29 is 9.53 Å². The van der Waals surface area contributed by atoms with E-state index in [1.165, 1.54) is 0 Å². The molecule has 2 heterocycles. The maximum Gasteiger partial charge on any atom is 0.357 e. The van der Waals surface area contributed by atoms with Crippen LogP contribution in [0.1, 0.15) is 17.4 Å². The summed E-state index contributed by atoms with van der Waals surface area (Å²) in [4.78, 5) is 15.6. The lowest BCUT2D eigenvalue weighted by Crippen LogP contribution is -2.08. The third kappa shape index (κ3) is 2.17. The monoisotopic (exact) mass is 442 g/mol. The summed E-state index contributed by atoms with van der Waals surface area (Å²) in [5.74, 6) is -0.378. The predicted molar refractivity (Wildman–Crippen MR) is 76.6 cm³/mol. The number of carbonyl (C=O) groups excluding carboxylic acids is 1. The first-order chi connectivity index (χ1) is 7.63. The molecule has 2 rings (SSSR count). The molecule has 0 N–H and O–H groups in total. The van der Waals surface area contributed by atoms with Gasteiger partial charge in [0.25, 0.3) is 0 Å². The molecule has 0 amide bonds. The van der Waals surface area contributed by atoms with Crippen molar-refractivity contribution in [2.24, 2.45) is 0 Å². The number of rotatable bonds is 2. The lowest BCUT2D eigenvalue weighted by Gasteiger charge is -2.02. The third-order valence-corrected chi connectivity index (χ3v) is 3.75. The van der Waals surface area contributed by atoms with Crippen LogP contribution in [0.2, 0.25) is 0 Å². The van der Waals surface area contributed by atoms with Crippen LogP contribution >= 0.6 is 45.2 Å². The van der Waals surface area contributed by atoms with Gasteiger partial charge in [-0.15, -0.1) is 0 Å². The largest absolute Gasteiger partial charge is 0.461 e. The van der Waals surface area contributed by atoms with Crippen LogP contribution in [0.5, 0.6) is 0 Å². The molecule has 0 radical (unpaired) electrons. The molecule has 2 aromatic heterocycles. The zero-order chi connectivity index (χ0) is 11.7. The minimum atomic E-state index is -0.378. The molecule has 0 unspecified atom stereocenters. The highest BCUT2D eigenvalue weighted by Crippen LogP contribution is 2.20. The van der Waals surface area contributed by atoms with Gasteiger partial charge in [-0.2, -0.15) is 0 Å². The van der Waals surface area contributed by atoms with Crippen molar-refractivity contribution in [3.63, 3.8) is 0 Å². The summed E-state index contributed by atoms with van der Waals surface area (Å²) in [5, 5.41) is 0. The van der Waals surface area contributed by atoms with E-state index >= 15 is 0 Å². The molecule has 16 heavy (non-hydrogen) atoms. The van der Waals surface area contributed by atoms with Gasteiger partial charge in [0, 0.05) is 3.57 Å². The van der Waals surface area contributed by atoms with E-state index in [9.17, 15) is 4.79 Å². The summed E-state index contributed by atoms with van der Waals surface area (Å²) in [5.41, 5.74) is 1.32. The Balaban J connectivity index is 2.51. The Kier molecular flexibility index (Phi) is 3.67. The van der Waals surface area contributed by atoms with Crippen LogP contribution in [-0.2, 0) is 4.74 Å². The van der Waals surface area contributed by atoms with Crippen molar-refractivity contribution in [1.82, 2.24) is 9.38 Å². The van der Waals surface area contributed by atoms with E-state index in [0.29, 0.717) is 12.3 Å². The standard InChI is InChI=1S/C10H8I2N2O2/c1-2-16-10(15)7-4-8-6(11)3-9(12)14(8)5-13-7/h3-5H,2H2,1H3. The smallest absolute Gasteiger partial charge is 0.357 e. The van der Waals surface area contributed by atoms with E-state index in [1.807, 2.05) is 10.5 Å². The molecule has 0 bridgehead atoms. The number of esters is 1. The maximum atomic E-state index is 11.5. The minimum Gasteiger partial charge on any atom is -0.461 e. The Labute approximate surface area is 120 Å². The lowest BCUT2D eigenvalue weighted by atomic mass is 10.3. The van der Waals surface area contributed by atoms with Gasteiger partial charge in [0.1, 0.15) is 6.33 Å². The topological polar surface area (TPSA) is 43.6 Å². The second kappa shape index (κ2) is 4.86. The van der Waals surface area contributed by atoms with E-state index in [4.69, 9.17) is 4.74 Å². The molecule has 6 heteroatoms. The number of ether oxygens (including phenoxy) is 1. The molecule has 0 saturated heterocycles. The Morgan fingerprint density at radius 3 is 2.94 bits per heavy atom. The molecule has 0 aliphatic heterocycles. The van der Waals surface area contributed by atoms with E-state index in [2.05, 4.69) is 50.2 Å². The van der Waals surface area contributed by atoms with Crippen molar-refractivity contribution in [2.45, 2.75) is 6.92 Å². The molecule has 0 aromatic carbocycles. The molecule has 0 spiro atoms. The normalized spacial score (nSPS) is 10.7. The van der Waals surface area contributed by atoms with Gasteiger partial charge in [-0.05, 0) is 64.2 Å². The van der Waals surface area contributed by atoms with Gasteiger partial charge in [0.2, 0.25) is 0 Å². The fourth-order valence-corrected chi connectivity index (χ4v) is 3.34. The van der Waals surface area contributed by atoms with Crippen molar-refractivity contribution in [1.29, 1.82) is 0 Å². The van der Waals surface area contributed by atoms with Gasteiger partial charge in [-0.3, -0.25) is 4.40 Å². The SMILES string of the molecule is CCOC(=O)c1cc2c(I)cc(I)n2cn1. The molecule has 2 aromatic rings. The van der Waals surface area contributed by atoms with Crippen LogP contribution in [0.3, 0.4) is 0 Å². The van der Waals surface area contributed by atoms with E-state index < -0.39 is 0 Å². The molecule has 0 aliphatic rings. The molecular formula is C10H8I2N2O2. The fraction of sp³-hybridized carbons (Fsp3) is 0.200. The maximum absolute atomic E-state index is 11.5. The van der Waals surface area contributed by atoms with Crippen LogP contribution in [0.15, 0.2) is 18.5 Å². The van der Waals surface area contributed by atoms with E-state index in [0.717, 1.165) is 12.8 Å². The Hall–Kier alpha value is -0.380. The minimum absolute atomic E-state index is 0.349. The predicted octanol–water partition coefficient (Wildman–Crippen LogP) is 2.72. The first-order valence-electron chi connectivity index (χ1n) is 4.62. The van der Waals surface area contributed by atoms with Crippen LogP contribution in [-0.4, -0.2) is 22.0 Å². The number of carbonyl (C=O) groups is 1. The van der Waals surface area contributed by atoms with Crippen LogP contribution < -0.4 is 0 Å². The first kappa shape index (κ1) is 12.1. The molecule has 84 valence electrons. The Morgan fingerprint density at radius 1 is 1.50 bits per heavy atom. The summed E-state index contributed by atoms with van der Waals surface area (Å²) in [6, 6.07) is 3.79. The second-order valence-corrected chi connectivity index (χ2v) is 5.33. The summed E-state index contributed by atoms with van der Waals surface area (Å²) >= 11 is 4.46. The van der Waals surface area contributed by atoms with Crippen LogP contribution in [0.25, 0.3) is 5.52 Å². The number of halogens is 2. The van der Waals surface area contributed by atoms with Crippen molar-refractivity contribution in [2.75, 3.05) is 6.61 Å². The van der Waals surface area contributed by atoms with E-state index in [-0.39, 0.29) is 5.97 Å². The molecule has 0 aliphatic carbocycles. The highest BCUT2D eigenvalue weighted by Gasteiger charge is 2.12. The molecule has 0 saturated carbocycles. The van der Waals surface area contributed by atoms with Gasteiger partial charge < -0.3 is 4.74 Å². The fourth-order valence-electron chi connectivity index (χ4n) is 1.34. The van der Waals surface area contributed by atoms with Gasteiger partial charge in [-0.1, -0.05) is 0 Å². The number of hydrogen-bond donors (Lipinski definition) is 0. The zero-order valence-electron chi connectivity index (χ0n) is 8.41. The summed E-state index contributed by atoms with van der Waals surface area (Å²) in [6.07, 6.45) is 1.64. The van der Waals surface area contributed by atoms with Gasteiger partial charge in [0.05, 0.1) is 15.8 Å². The van der Waals surface area contributed by atoms with Crippen molar-refractivity contribution in [3.8, 4) is 0 Å². The Bertz CT molecular complexity index is 551. The summed E-state index contributed by atoms with van der Waals surface area (Å²) in [7, 11) is 0. The number of hydrogen-bond acceptors (Lipinski definition) is 3. The molecule has 4 nitrogen and oxygen atoms in total. The Morgan fingerprint density at radius 2 is 2.25 bits per heavy atom. The first-order valence-corrected chi connectivity index (χ1v) is 6.78. The highest BCUT2D eigenvalue weighted by atomic mass is 127. The molecule has 0 atom stereocenters. The van der Waals surface area contributed by atoms with Crippen LogP contribution in [0.4, 0.5) is 0 Å². The third-order valence-electron chi connectivity index (χ3n) is 2.05. The quantitative estimate of drug-likeness (QED) is 0.531. The van der Waals surface area contributed by atoms with E-state index in [1.54, 1.807) is 19.3 Å². The second-order valence-electron chi connectivity index (χ2n) is 3.06. The average Bonchev–Trinajstić information content (AvgIpc) is 2.55. The van der Waals surface area contributed by atoms with Gasteiger partial charge in [0.15, 0.2) is 5.69 Å².